The fraction of sp³-hybridized carbons (Fsp3) is 0.600. The van der Waals surface area contributed by atoms with E-state index in [1.165, 1.54) is 18.2 Å². The van der Waals surface area contributed by atoms with Crippen molar-refractivity contribution in [2.24, 2.45) is 5.92 Å². The number of benzene rings is 1. The lowest BCUT2D eigenvalue weighted by Crippen LogP contribution is -2.47. The van der Waals surface area contributed by atoms with E-state index < -0.39 is 11.6 Å². The summed E-state index contributed by atoms with van der Waals surface area (Å²) in [5, 5.41) is 3.28. The highest BCUT2D eigenvalue weighted by Crippen LogP contribution is 2.34. The maximum atomic E-state index is 14.1. The van der Waals surface area contributed by atoms with Crippen LogP contribution >= 0.6 is 24.8 Å². The number of hydrogen-bond acceptors (Lipinski definition) is 2. The summed E-state index contributed by atoms with van der Waals surface area (Å²) in [6, 6.07) is 3.97. The zero-order valence-corrected chi connectivity index (χ0v) is 14.1. The number of hydrogen-bond donors (Lipinski definition) is 1. The van der Waals surface area contributed by atoms with E-state index in [1.54, 1.807) is 0 Å². The second-order valence-electron chi connectivity index (χ2n) is 5.25. The van der Waals surface area contributed by atoms with Gasteiger partial charge in [-0.25, -0.2) is 8.78 Å². The van der Waals surface area contributed by atoms with Crippen LogP contribution in [0.25, 0.3) is 0 Å². The molecule has 0 aromatic heterocycles. The van der Waals surface area contributed by atoms with Crippen LogP contribution in [-0.2, 0) is 0 Å². The highest BCUT2D eigenvalue weighted by Gasteiger charge is 2.30. The zero-order chi connectivity index (χ0) is 13.8. The van der Waals surface area contributed by atoms with Crippen molar-refractivity contribution < 1.29 is 8.78 Å². The van der Waals surface area contributed by atoms with Gasteiger partial charge in [-0.15, -0.1) is 24.8 Å². The molecule has 1 heterocycles. The predicted molar refractivity (Wildman–Crippen MR) is 87.5 cm³/mol. The van der Waals surface area contributed by atoms with E-state index in [0.29, 0.717) is 0 Å². The number of halogens is 4. The van der Waals surface area contributed by atoms with Gasteiger partial charge in [0.15, 0.2) is 0 Å². The predicted octanol–water partition coefficient (Wildman–Crippen LogP) is 3.80. The molecule has 1 aliphatic rings. The molecule has 1 aromatic carbocycles. The molecule has 122 valence electrons. The van der Waals surface area contributed by atoms with Gasteiger partial charge in [-0.1, -0.05) is 26.3 Å². The van der Waals surface area contributed by atoms with Gasteiger partial charge in [0.05, 0.1) is 0 Å². The average molecular weight is 341 g/mol. The number of rotatable bonds is 4. The molecule has 2 atom stereocenters. The highest BCUT2D eigenvalue weighted by atomic mass is 35.5. The van der Waals surface area contributed by atoms with E-state index in [0.717, 1.165) is 32.6 Å². The molecule has 2 rings (SSSR count). The van der Waals surface area contributed by atoms with Gasteiger partial charge in [-0.2, -0.15) is 0 Å². The Morgan fingerprint density at radius 3 is 2.14 bits per heavy atom. The van der Waals surface area contributed by atoms with Crippen molar-refractivity contribution in [3.8, 4) is 0 Å². The van der Waals surface area contributed by atoms with Gasteiger partial charge < -0.3 is 5.32 Å². The first-order chi connectivity index (χ1) is 9.15. The molecule has 1 aliphatic heterocycles. The van der Waals surface area contributed by atoms with Gasteiger partial charge in [0.2, 0.25) is 0 Å². The van der Waals surface area contributed by atoms with Crippen molar-refractivity contribution in [3.05, 3.63) is 35.4 Å². The fourth-order valence-corrected chi connectivity index (χ4v) is 2.80. The van der Waals surface area contributed by atoms with Crippen LogP contribution in [0.5, 0.6) is 0 Å². The number of piperazine rings is 1. The minimum Gasteiger partial charge on any atom is -0.314 e. The van der Waals surface area contributed by atoms with Gasteiger partial charge in [0, 0.05) is 37.8 Å². The summed E-state index contributed by atoms with van der Waals surface area (Å²) in [4.78, 5) is 2.20. The Morgan fingerprint density at radius 1 is 1.14 bits per heavy atom. The third-order valence-electron chi connectivity index (χ3n) is 4.02. The second-order valence-corrected chi connectivity index (χ2v) is 5.25. The Kier molecular flexibility index (Phi) is 9.38. The standard InChI is InChI=1S/C15H22F2N2.2ClH/c1-3-11(2)15(19-9-7-18-8-10-19)14-12(16)5-4-6-13(14)17;;/h4-6,11,15,18H,3,7-10H2,1-2H3;2*1H/t11?,15-;;/m1../s1. The lowest BCUT2D eigenvalue weighted by molar-refractivity contribution is 0.122. The second kappa shape index (κ2) is 9.57. The van der Waals surface area contributed by atoms with E-state index in [4.69, 9.17) is 0 Å². The fourth-order valence-electron chi connectivity index (χ4n) is 2.80. The Hall–Kier alpha value is -0.420. The lowest BCUT2D eigenvalue weighted by atomic mass is 9.90. The monoisotopic (exact) mass is 340 g/mol. The van der Waals surface area contributed by atoms with E-state index in [1.807, 2.05) is 0 Å². The summed E-state index contributed by atoms with van der Waals surface area (Å²) < 4.78 is 28.1. The molecule has 1 fully saturated rings. The maximum absolute atomic E-state index is 14.1. The first-order valence-corrected chi connectivity index (χ1v) is 7.03. The van der Waals surface area contributed by atoms with E-state index in [2.05, 4.69) is 24.1 Å². The quantitative estimate of drug-likeness (QED) is 0.896. The van der Waals surface area contributed by atoms with Gasteiger partial charge in [-0.3, -0.25) is 4.90 Å². The molecule has 0 bridgehead atoms. The molecule has 0 amide bonds. The van der Waals surface area contributed by atoms with Crippen LogP contribution in [0.1, 0.15) is 31.9 Å². The molecular formula is C15H24Cl2F2N2. The lowest BCUT2D eigenvalue weighted by Gasteiger charge is -2.38. The Bertz CT molecular complexity index is 406. The van der Waals surface area contributed by atoms with E-state index in [-0.39, 0.29) is 42.3 Å². The first kappa shape index (κ1) is 20.6. The van der Waals surface area contributed by atoms with Crippen molar-refractivity contribution >= 4 is 24.8 Å². The molecule has 0 saturated carbocycles. The molecule has 0 radical (unpaired) electrons. The minimum atomic E-state index is -0.427. The molecule has 1 saturated heterocycles. The van der Waals surface area contributed by atoms with E-state index in [9.17, 15) is 8.78 Å². The van der Waals surface area contributed by atoms with Crippen LogP contribution in [0, 0.1) is 17.6 Å². The van der Waals surface area contributed by atoms with Gasteiger partial charge in [0.25, 0.3) is 0 Å². The molecule has 1 N–H and O–H groups in total. The Balaban J connectivity index is 0.00000200. The van der Waals surface area contributed by atoms with Crippen LogP contribution < -0.4 is 5.32 Å². The molecular weight excluding hydrogens is 317 g/mol. The van der Waals surface area contributed by atoms with Crippen LogP contribution in [0.15, 0.2) is 18.2 Å². The number of nitrogens with zero attached hydrogens (tertiary/aromatic N) is 1. The van der Waals surface area contributed by atoms with Crippen LogP contribution in [0.4, 0.5) is 8.78 Å². The van der Waals surface area contributed by atoms with Crippen LogP contribution in [0.3, 0.4) is 0 Å². The highest BCUT2D eigenvalue weighted by molar-refractivity contribution is 5.85. The van der Waals surface area contributed by atoms with Crippen molar-refractivity contribution in [2.45, 2.75) is 26.3 Å². The summed E-state index contributed by atoms with van der Waals surface area (Å²) >= 11 is 0. The molecule has 1 unspecified atom stereocenters. The molecule has 21 heavy (non-hydrogen) atoms. The summed E-state index contributed by atoms with van der Waals surface area (Å²) in [5.41, 5.74) is 0.235. The van der Waals surface area contributed by atoms with Gasteiger partial charge >= 0.3 is 0 Å². The Labute approximate surface area is 138 Å². The minimum absolute atomic E-state index is 0. The smallest absolute Gasteiger partial charge is 0.130 e. The largest absolute Gasteiger partial charge is 0.314 e. The summed E-state index contributed by atoms with van der Waals surface area (Å²) in [6.45, 7) is 7.56. The SMILES string of the molecule is CCC(C)[C@H](c1c(F)cccc1F)N1CCNCC1.Cl.Cl. The van der Waals surface area contributed by atoms with Crippen molar-refractivity contribution in [1.29, 1.82) is 0 Å². The van der Waals surface area contributed by atoms with Crippen LogP contribution in [-0.4, -0.2) is 31.1 Å². The summed E-state index contributed by atoms with van der Waals surface area (Å²) in [7, 11) is 0. The topological polar surface area (TPSA) is 15.3 Å². The normalized spacial score (nSPS) is 18.3. The molecule has 0 aliphatic carbocycles. The van der Waals surface area contributed by atoms with Crippen LogP contribution in [0.2, 0.25) is 0 Å². The molecule has 6 heteroatoms. The summed E-state index contributed by atoms with van der Waals surface area (Å²) in [5.74, 6) is -0.628. The van der Waals surface area contributed by atoms with Crippen molar-refractivity contribution in [1.82, 2.24) is 10.2 Å². The Morgan fingerprint density at radius 2 is 1.67 bits per heavy atom. The maximum Gasteiger partial charge on any atom is 0.130 e. The average Bonchev–Trinajstić information content (AvgIpc) is 2.43. The molecule has 1 aromatic rings. The third kappa shape index (κ3) is 4.78. The third-order valence-corrected chi connectivity index (χ3v) is 4.02. The van der Waals surface area contributed by atoms with Gasteiger partial charge in [0.1, 0.15) is 11.6 Å². The van der Waals surface area contributed by atoms with E-state index >= 15 is 0 Å². The molecule has 0 spiro atoms. The van der Waals surface area contributed by atoms with Gasteiger partial charge in [-0.05, 0) is 18.1 Å². The molecule has 2 nitrogen and oxygen atoms in total. The number of nitrogens with one attached hydrogen (secondary N) is 1. The zero-order valence-electron chi connectivity index (χ0n) is 12.4. The summed E-state index contributed by atoms with van der Waals surface area (Å²) in [6.07, 6.45) is 0.905. The first-order valence-electron chi connectivity index (χ1n) is 7.03. The van der Waals surface area contributed by atoms with Crippen molar-refractivity contribution in [2.75, 3.05) is 26.2 Å². The van der Waals surface area contributed by atoms with Crippen molar-refractivity contribution in [3.63, 3.8) is 0 Å².